The van der Waals surface area contributed by atoms with Crippen LogP contribution in [0.4, 0.5) is 5.69 Å². The molecule has 0 saturated carbocycles. The number of carbonyl (C=O) groups is 2. The molecule has 0 spiro atoms. The first kappa shape index (κ1) is 16.1. The first-order chi connectivity index (χ1) is 9.61. The molecule has 0 aliphatic carbocycles. The molecule has 1 aromatic rings. The lowest BCUT2D eigenvalue weighted by Gasteiger charge is -2.01. The Balaban J connectivity index is 2.39. The summed E-state index contributed by atoms with van der Waals surface area (Å²) in [5, 5.41) is 5.38. The Morgan fingerprint density at radius 2 is 1.95 bits per heavy atom. The SMILES string of the molecule is CC(=O)Nc1ccc(C#CCNC(=O)CCCCl)cc1. The number of amides is 2. The van der Waals surface area contributed by atoms with Crippen LogP contribution in [0.15, 0.2) is 24.3 Å². The number of hydrogen-bond donors (Lipinski definition) is 2. The number of hydrogen-bond acceptors (Lipinski definition) is 2. The fourth-order valence-corrected chi connectivity index (χ4v) is 1.58. The lowest BCUT2D eigenvalue weighted by molar-refractivity contribution is -0.120. The fraction of sp³-hybridized carbons (Fsp3) is 0.333. The Bertz CT molecular complexity index is 515. The van der Waals surface area contributed by atoms with Crippen molar-refractivity contribution < 1.29 is 9.59 Å². The van der Waals surface area contributed by atoms with E-state index < -0.39 is 0 Å². The van der Waals surface area contributed by atoms with E-state index in [1.54, 1.807) is 12.1 Å². The van der Waals surface area contributed by atoms with Gasteiger partial charge in [0.1, 0.15) is 0 Å². The minimum absolute atomic E-state index is 0.0408. The second-order valence-corrected chi connectivity index (χ2v) is 4.51. The predicted octanol–water partition coefficient (Wildman–Crippen LogP) is 2.13. The topological polar surface area (TPSA) is 58.2 Å². The number of alkyl halides is 1. The van der Waals surface area contributed by atoms with Gasteiger partial charge in [0.15, 0.2) is 0 Å². The maximum absolute atomic E-state index is 11.3. The third-order valence-corrected chi connectivity index (χ3v) is 2.62. The second kappa shape index (κ2) is 9.00. The number of carbonyl (C=O) groups excluding carboxylic acids is 2. The van der Waals surface area contributed by atoms with Crippen molar-refractivity contribution in [1.29, 1.82) is 0 Å². The molecule has 0 fully saturated rings. The van der Waals surface area contributed by atoms with Gasteiger partial charge in [-0.15, -0.1) is 11.6 Å². The predicted molar refractivity (Wildman–Crippen MR) is 80.6 cm³/mol. The first-order valence-corrected chi connectivity index (χ1v) is 6.84. The van der Waals surface area contributed by atoms with Crippen LogP contribution in [0.1, 0.15) is 25.3 Å². The number of halogens is 1. The highest BCUT2D eigenvalue weighted by Gasteiger charge is 1.97. The molecule has 1 rings (SSSR count). The molecular weight excluding hydrogens is 276 g/mol. The minimum atomic E-state index is -0.108. The number of benzene rings is 1. The maximum atomic E-state index is 11.3. The van der Waals surface area contributed by atoms with Crippen LogP contribution < -0.4 is 10.6 Å². The van der Waals surface area contributed by atoms with E-state index in [4.69, 9.17) is 11.6 Å². The normalized spacial score (nSPS) is 9.30. The zero-order chi connectivity index (χ0) is 14.8. The Kier molecular flexibility index (Phi) is 7.23. The Labute approximate surface area is 123 Å². The standard InChI is InChI=1S/C15H17ClN2O2/c1-12(19)18-14-8-6-13(7-9-14)4-3-11-17-15(20)5-2-10-16/h6-9H,2,5,10-11H2,1H3,(H,17,20)(H,18,19). The monoisotopic (exact) mass is 292 g/mol. The summed E-state index contributed by atoms with van der Waals surface area (Å²) in [7, 11) is 0. The van der Waals surface area contributed by atoms with Crippen molar-refractivity contribution in [2.24, 2.45) is 0 Å². The third kappa shape index (κ3) is 6.81. The van der Waals surface area contributed by atoms with Gasteiger partial charge in [-0.25, -0.2) is 0 Å². The van der Waals surface area contributed by atoms with E-state index in [1.807, 2.05) is 12.1 Å². The van der Waals surface area contributed by atoms with Crippen LogP contribution in [-0.2, 0) is 9.59 Å². The summed E-state index contributed by atoms with van der Waals surface area (Å²) in [6.45, 7) is 1.77. The van der Waals surface area contributed by atoms with Gasteiger partial charge in [0.2, 0.25) is 11.8 Å². The molecule has 2 amide bonds. The molecule has 0 aromatic heterocycles. The van der Waals surface area contributed by atoms with Gasteiger partial charge in [0, 0.05) is 30.5 Å². The molecule has 0 atom stereocenters. The molecule has 0 heterocycles. The minimum Gasteiger partial charge on any atom is -0.345 e. The molecule has 5 heteroatoms. The lowest BCUT2D eigenvalue weighted by Crippen LogP contribution is -2.23. The number of nitrogens with one attached hydrogen (secondary N) is 2. The summed E-state index contributed by atoms with van der Waals surface area (Å²) >= 11 is 5.50. The van der Waals surface area contributed by atoms with Crippen LogP contribution in [0.5, 0.6) is 0 Å². The van der Waals surface area contributed by atoms with Gasteiger partial charge in [-0.3, -0.25) is 9.59 Å². The van der Waals surface area contributed by atoms with Crippen molar-refractivity contribution in [2.75, 3.05) is 17.7 Å². The molecule has 20 heavy (non-hydrogen) atoms. The van der Waals surface area contributed by atoms with Gasteiger partial charge in [-0.05, 0) is 30.7 Å². The van der Waals surface area contributed by atoms with Gasteiger partial charge < -0.3 is 10.6 Å². The highest BCUT2D eigenvalue weighted by atomic mass is 35.5. The highest BCUT2D eigenvalue weighted by Crippen LogP contribution is 2.08. The second-order valence-electron chi connectivity index (χ2n) is 4.13. The molecule has 0 aliphatic heterocycles. The van der Waals surface area contributed by atoms with E-state index in [-0.39, 0.29) is 11.8 Å². The van der Waals surface area contributed by atoms with Gasteiger partial charge in [-0.1, -0.05) is 11.8 Å². The lowest BCUT2D eigenvalue weighted by atomic mass is 10.2. The molecule has 1 aromatic carbocycles. The van der Waals surface area contributed by atoms with E-state index in [9.17, 15) is 9.59 Å². The molecule has 106 valence electrons. The average molecular weight is 293 g/mol. The number of rotatable bonds is 5. The van der Waals surface area contributed by atoms with E-state index in [2.05, 4.69) is 22.5 Å². The molecule has 0 aliphatic rings. The van der Waals surface area contributed by atoms with Crippen molar-refractivity contribution >= 4 is 29.1 Å². The van der Waals surface area contributed by atoms with Crippen molar-refractivity contribution in [3.8, 4) is 11.8 Å². The Morgan fingerprint density at radius 3 is 2.55 bits per heavy atom. The first-order valence-electron chi connectivity index (χ1n) is 6.31. The van der Waals surface area contributed by atoms with E-state index in [1.165, 1.54) is 6.92 Å². The van der Waals surface area contributed by atoms with Crippen LogP contribution >= 0.6 is 11.6 Å². The van der Waals surface area contributed by atoms with E-state index >= 15 is 0 Å². The third-order valence-electron chi connectivity index (χ3n) is 2.35. The highest BCUT2D eigenvalue weighted by molar-refractivity contribution is 6.17. The van der Waals surface area contributed by atoms with Crippen LogP contribution in [0.2, 0.25) is 0 Å². The smallest absolute Gasteiger partial charge is 0.221 e. The van der Waals surface area contributed by atoms with Crippen LogP contribution in [0.25, 0.3) is 0 Å². The quantitative estimate of drug-likeness (QED) is 0.645. The molecule has 0 bridgehead atoms. The summed E-state index contributed by atoms with van der Waals surface area (Å²) in [6.07, 6.45) is 1.10. The van der Waals surface area contributed by atoms with E-state index in [0.29, 0.717) is 25.3 Å². The van der Waals surface area contributed by atoms with Gasteiger partial charge in [0.05, 0.1) is 6.54 Å². The summed E-state index contributed by atoms with van der Waals surface area (Å²) < 4.78 is 0. The largest absolute Gasteiger partial charge is 0.345 e. The van der Waals surface area contributed by atoms with Crippen LogP contribution in [-0.4, -0.2) is 24.2 Å². The molecule has 0 unspecified atom stereocenters. The van der Waals surface area contributed by atoms with Crippen molar-refractivity contribution in [2.45, 2.75) is 19.8 Å². The summed E-state index contributed by atoms with van der Waals surface area (Å²) in [6, 6.07) is 7.19. The zero-order valence-electron chi connectivity index (χ0n) is 11.3. The van der Waals surface area contributed by atoms with Gasteiger partial charge >= 0.3 is 0 Å². The Hall–Kier alpha value is -1.99. The summed E-state index contributed by atoms with van der Waals surface area (Å²) in [5.41, 5.74) is 1.56. The summed E-state index contributed by atoms with van der Waals surface area (Å²) in [4.78, 5) is 22.1. The average Bonchev–Trinajstić information content (AvgIpc) is 2.42. The molecule has 2 N–H and O–H groups in total. The van der Waals surface area contributed by atoms with Gasteiger partial charge in [0.25, 0.3) is 0 Å². The van der Waals surface area contributed by atoms with Crippen molar-refractivity contribution in [3.63, 3.8) is 0 Å². The molecule has 4 nitrogen and oxygen atoms in total. The van der Waals surface area contributed by atoms with Crippen LogP contribution in [0, 0.1) is 11.8 Å². The maximum Gasteiger partial charge on any atom is 0.221 e. The molecular formula is C15H17ClN2O2. The summed E-state index contributed by atoms with van der Waals surface area (Å²) in [5.74, 6) is 6.14. The van der Waals surface area contributed by atoms with Crippen molar-refractivity contribution in [3.05, 3.63) is 29.8 Å². The van der Waals surface area contributed by atoms with E-state index in [0.717, 1.165) is 11.3 Å². The van der Waals surface area contributed by atoms with Gasteiger partial charge in [-0.2, -0.15) is 0 Å². The fourth-order valence-electron chi connectivity index (χ4n) is 1.44. The molecule has 0 radical (unpaired) electrons. The Morgan fingerprint density at radius 1 is 1.25 bits per heavy atom. The number of anilines is 1. The molecule has 0 saturated heterocycles. The zero-order valence-corrected chi connectivity index (χ0v) is 12.1. The van der Waals surface area contributed by atoms with Crippen LogP contribution in [0.3, 0.4) is 0 Å². The van der Waals surface area contributed by atoms with Crippen molar-refractivity contribution in [1.82, 2.24) is 5.32 Å².